The monoisotopic (exact) mass is 440 g/mol. The van der Waals surface area contributed by atoms with E-state index in [9.17, 15) is 4.79 Å². The molecule has 0 radical (unpaired) electrons. The van der Waals surface area contributed by atoms with Crippen LogP contribution in [0.15, 0.2) is 90.3 Å². The van der Waals surface area contributed by atoms with Gasteiger partial charge in [-0.25, -0.2) is 4.98 Å². The highest BCUT2D eigenvalue weighted by Gasteiger charge is 2.07. The van der Waals surface area contributed by atoms with Crippen LogP contribution in [0.2, 0.25) is 0 Å². The summed E-state index contributed by atoms with van der Waals surface area (Å²) < 4.78 is 5.43. The minimum Gasteiger partial charge on any atom is -0.494 e. The second-order valence-corrected chi connectivity index (χ2v) is 8.02. The van der Waals surface area contributed by atoms with Crippen molar-refractivity contribution in [1.82, 2.24) is 10.3 Å². The predicted molar refractivity (Wildman–Crippen MR) is 131 cm³/mol. The number of hydrogen-bond donors (Lipinski definition) is 1. The van der Waals surface area contributed by atoms with Gasteiger partial charge in [0.25, 0.3) is 0 Å². The molecule has 0 unspecified atom stereocenters. The molecule has 0 saturated heterocycles. The minimum atomic E-state index is -0.134. The largest absolute Gasteiger partial charge is 0.494 e. The number of carbonyl (C=O) groups excluding carboxylic acids is 1. The average molecular weight is 441 g/mol. The number of hydrogen-bond acceptors (Lipinski definition) is 4. The predicted octanol–water partition coefficient (Wildman–Crippen LogP) is 6.21. The Bertz CT molecular complexity index is 1200. The van der Waals surface area contributed by atoms with Crippen LogP contribution in [0.3, 0.4) is 0 Å². The third kappa shape index (κ3) is 5.71. The molecule has 0 saturated carbocycles. The minimum absolute atomic E-state index is 0.134. The first kappa shape index (κ1) is 21.5. The van der Waals surface area contributed by atoms with Crippen molar-refractivity contribution in [2.75, 3.05) is 6.61 Å². The molecular weight excluding hydrogens is 416 g/mol. The van der Waals surface area contributed by atoms with Gasteiger partial charge in [-0.1, -0.05) is 60.7 Å². The number of amides is 1. The van der Waals surface area contributed by atoms with E-state index in [0.717, 1.165) is 38.7 Å². The molecule has 1 heterocycles. The van der Waals surface area contributed by atoms with Crippen LogP contribution < -0.4 is 10.1 Å². The Morgan fingerprint density at radius 1 is 1.00 bits per heavy atom. The number of carbonyl (C=O) groups is 1. The summed E-state index contributed by atoms with van der Waals surface area (Å²) in [6.07, 6.45) is 3.34. The van der Waals surface area contributed by atoms with Crippen LogP contribution in [-0.4, -0.2) is 17.5 Å². The summed E-state index contributed by atoms with van der Waals surface area (Å²) in [5, 5.41) is 5.98. The Kier molecular flexibility index (Phi) is 7.10. The van der Waals surface area contributed by atoms with E-state index < -0.39 is 0 Å². The molecule has 1 N–H and O–H groups in total. The Balaban J connectivity index is 1.36. The van der Waals surface area contributed by atoms with E-state index in [1.54, 1.807) is 23.5 Å². The zero-order chi connectivity index (χ0) is 22.2. The molecule has 4 nitrogen and oxygen atoms in total. The summed E-state index contributed by atoms with van der Waals surface area (Å²) in [4.78, 5) is 17.0. The van der Waals surface area contributed by atoms with Crippen molar-refractivity contribution in [2.24, 2.45) is 0 Å². The molecule has 0 atom stereocenters. The van der Waals surface area contributed by atoms with E-state index in [0.29, 0.717) is 13.2 Å². The Morgan fingerprint density at radius 3 is 2.56 bits per heavy atom. The SMILES string of the molecule is CCOc1ccc(/C=C/C(=O)NCc2cccc(-c3nc(-c4ccccc4)cs3)c2)cc1. The van der Waals surface area contributed by atoms with Crippen LogP contribution in [0.4, 0.5) is 0 Å². The maximum atomic E-state index is 12.2. The van der Waals surface area contributed by atoms with Gasteiger partial charge < -0.3 is 10.1 Å². The molecule has 0 bridgehead atoms. The lowest BCUT2D eigenvalue weighted by Gasteiger charge is -2.05. The molecule has 160 valence electrons. The van der Waals surface area contributed by atoms with E-state index >= 15 is 0 Å². The number of ether oxygens (including phenoxy) is 1. The number of benzene rings is 3. The molecule has 4 rings (SSSR count). The third-order valence-corrected chi connectivity index (χ3v) is 5.72. The molecule has 4 aromatic rings. The van der Waals surface area contributed by atoms with Gasteiger partial charge >= 0.3 is 0 Å². The smallest absolute Gasteiger partial charge is 0.244 e. The molecule has 0 aliphatic heterocycles. The van der Waals surface area contributed by atoms with Gasteiger partial charge in [0.05, 0.1) is 12.3 Å². The van der Waals surface area contributed by atoms with Crippen LogP contribution in [0.25, 0.3) is 27.9 Å². The maximum Gasteiger partial charge on any atom is 0.244 e. The fraction of sp³-hybridized carbons (Fsp3) is 0.111. The van der Waals surface area contributed by atoms with Crippen LogP contribution in [0.5, 0.6) is 5.75 Å². The summed E-state index contributed by atoms with van der Waals surface area (Å²) in [5.41, 5.74) is 5.11. The Labute approximate surface area is 192 Å². The topological polar surface area (TPSA) is 51.2 Å². The van der Waals surface area contributed by atoms with Gasteiger partial charge in [-0.05, 0) is 42.3 Å². The average Bonchev–Trinajstić information content (AvgIpc) is 3.34. The molecule has 3 aromatic carbocycles. The summed E-state index contributed by atoms with van der Waals surface area (Å²) in [5.74, 6) is 0.690. The van der Waals surface area contributed by atoms with Crippen molar-refractivity contribution in [3.05, 3.63) is 101 Å². The summed E-state index contributed by atoms with van der Waals surface area (Å²) in [6, 6.07) is 25.9. The number of nitrogens with zero attached hydrogens (tertiary/aromatic N) is 1. The van der Waals surface area contributed by atoms with Gasteiger partial charge in [-0.3, -0.25) is 4.79 Å². The Morgan fingerprint density at radius 2 is 1.78 bits per heavy atom. The van der Waals surface area contributed by atoms with Crippen molar-refractivity contribution in [3.63, 3.8) is 0 Å². The zero-order valence-corrected chi connectivity index (χ0v) is 18.6. The second kappa shape index (κ2) is 10.6. The van der Waals surface area contributed by atoms with Crippen molar-refractivity contribution >= 4 is 23.3 Å². The molecule has 1 amide bonds. The van der Waals surface area contributed by atoms with E-state index in [1.807, 2.05) is 67.6 Å². The summed E-state index contributed by atoms with van der Waals surface area (Å²) in [7, 11) is 0. The highest BCUT2D eigenvalue weighted by molar-refractivity contribution is 7.13. The lowest BCUT2D eigenvalue weighted by molar-refractivity contribution is -0.116. The van der Waals surface area contributed by atoms with E-state index in [4.69, 9.17) is 9.72 Å². The molecule has 1 aromatic heterocycles. The maximum absolute atomic E-state index is 12.2. The van der Waals surface area contributed by atoms with Crippen LogP contribution in [0.1, 0.15) is 18.1 Å². The number of thiazole rings is 1. The standard InChI is InChI=1S/C27H24N2O2S/c1-2-31-24-14-11-20(12-15-24)13-16-26(30)28-18-21-7-6-10-23(17-21)27-29-25(19-32-27)22-8-4-3-5-9-22/h3-17,19H,2,18H2,1H3,(H,28,30)/b16-13+. The molecule has 5 heteroatoms. The van der Waals surface area contributed by atoms with Gasteiger partial charge in [0, 0.05) is 29.1 Å². The molecule has 0 spiro atoms. The van der Waals surface area contributed by atoms with Crippen molar-refractivity contribution < 1.29 is 9.53 Å². The van der Waals surface area contributed by atoms with Crippen LogP contribution in [0, 0.1) is 0 Å². The number of rotatable bonds is 8. The number of nitrogens with one attached hydrogen (secondary N) is 1. The lowest BCUT2D eigenvalue weighted by Crippen LogP contribution is -2.20. The highest BCUT2D eigenvalue weighted by atomic mass is 32.1. The normalized spacial score (nSPS) is 10.9. The number of aromatic nitrogens is 1. The van der Waals surface area contributed by atoms with Crippen molar-refractivity contribution in [1.29, 1.82) is 0 Å². The van der Waals surface area contributed by atoms with Crippen molar-refractivity contribution in [3.8, 4) is 27.6 Å². The molecular formula is C27H24N2O2S. The van der Waals surface area contributed by atoms with Crippen molar-refractivity contribution in [2.45, 2.75) is 13.5 Å². The first-order valence-corrected chi connectivity index (χ1v) is 11.4. The molecule has 0 fully saturated rings. The summed E-state index contributed by atoms with van der Waals surface area (Å²) in [6.45, 7) is 3.04. The van der Waals surface area contributed by atoms with Gasteiger partial charge in [0.1, 0.15) is 10.8 Å². The second-order valence-electron chi connectivity index (χ2n) is 7.16. The van der Waals surface area contributed by atoms with Crippen LogP contribution >= 0.6 is 11.3 Å². The third-order valence-electron chi connectivity index (χ3n) is 4.83. The van der Waals surface area contributed by atoms with Gasteiger partial charge in [0.2, 0.25) is 5.91 Å². The first-order valence-electron chi connectivity index (χ1n) is 10.5. The summed E-state index contributed by atoms with van der Waals surface area (Å²) >= 11 is 1.62. The van der Waals surface area contributed by atoms with Gasteiger partial charge in [-0.2, -0.15) is 0 Å². The first-order chi connectivity index (χ1) is 15.7. The quantitative estimate of drug-likeness (QED) is 0.332. The van der Waals surface area contributed by atoms with Gasteiger partial charge in [0.15, 0.2) is 0 Å². The van der Waals surface area contributed by atoms with E-state index in [2.05, 4.69) is 28.9 Å². The lowest BCUT2D eigenvalue weighted by atomic mass is 10.1. The highest BCUT2D eigenvalue weighted by Crippen LogP contribution is 2.29. The molecule has 32 heavy (non-hydrogen) atoms. The van der Waals surface area contributed by atoms with Gasteiger partial charge in [-0.15, -0.1) is 11.3 Å². The molecule has 0 aliphatic rings. The zero-order valence-electron chi connectivity index (χ0n) is 17.8. The Hall–Kier alpha value is -3.70. The fourth-order valence-electron chi connectivity index (χ4n) is 3.22. The van der Waals surface area contributed by atoms with Crippen LogP contribution in [-0.2, 0) is 11.3 Å². The fourth-order valence-corrected chi connectivity index (χ4v) is 4.05. The van der Waals surface area contributed by atoms with E-state index in [1.165, 1.54) is 0 Å². The van der Waals surface area contributed by atoms with E-state index in [-0.39, 0.29) is 5.91 Å². The molecule has 0 aliphatic carbocycles.